The van der Waals surface area contributed by atoms with Gasteiger partial charge in [0.15, 0.2) is 5.13 Å². The minimum absolute atomic E-state index is 0. The third-order valence-electron chi connectivity index (χ3n) is 5.96. The molecule has 0 unspecified atom stereocenters. The zero-order chi connectivity index (χ0) is 21.6. The molecule has 1 saturated heterocycles. The number of fused-ring (bicyclic) bond motifs is 1. The number of hydrogen-bond acceptors (Lipinski definition) is 6. The highest BCUT2D eigenvalue weighted by Gasteiger charge is 2.39. The number of aryl methyl sites for hydroxylation is 1. The van der Waals surface area contributed by atoms with E-state index in [2.05, 4.69) is 33.7 Å². The van der Waals surface area contributed by atoms with E-state index in [-0.39, 0.29) is 18.3 Å². The molecule has 0 aliphatic carbocycles. The fraction of sp³-hybridized carbons (Fsp3) is 0.273. The van der Waals surface area contributed by atoms with Crippen LogP contribution in [0, 0.1) is 6.92 Å². The molecule has 0 saturated carbocycles. The van der Waals surface area contributed by atoms with Crippen molar-refractivity contribution in [1.29, 1.82) is 0 Å². The lowest BCUT2D eigenvalue weighted by atomic mass is 10.1. The van der Waals surface area contributed by atoms with Gasteiger partial charge in [0.25, 0.3) is 10.0 Å². The van der Waals surface area contributed by atoms with Crippen molar-refractivity contribution in [3.63, 3.8) is 0 Å². The van der Waals surface area contributed by atoms with Crippen molar-refractivity contribution >= 4 is 43.8 Å². The molecule has 2 aliphatic rings. The van der Waals surface area contributed by atoms with Gasteiger partial charge in [0, 0.05) is 37.5 Å². The van der Waals surface area contributed by atoms with Crippen molar-refractivity contribution in [3.8, 4) is 0 Å². The average Bonchev–Trinajstić information content (AvgIpc) is 3.48. The largest absolute Gasteiger partial charge is 0.359 e. The Balaban J connectivity index is 0.00000245. The number of sulfonamides is 1. The maximum absolute atomic E-state index is 13.2. The zero-order valence-electron chi connectivity index (χ0n) is 17.0. The minimum atomic E-state index is -3.71. The van der Waals surface area contributed by atoms with Gasteiger partial charge in [0.1, 0.15) is 6.04 Å². The number of amides is 1. The predicted octanol–water partition coefficient (Wildman–Crippen LogP) is 3.67. The summed E-state index contributed by atoms with van der Waals surface area (Å²) in [6.07, 6.45) is 3.25. The van der Waals surface area contributed by atoms with E-state index >= 15 is 0 Å². The van der Waals surface area contributed by atoms with Crippen LogP contribution in [0.1, 0.15) is 19.0 Å². The molecule has 2 aliphatic heterocycles. The van der Waals surface area contributed by atoms with Crippen LogP contribution in [0.3, 0.4) is 0 Å². The van der Waals surface area contributed by atoms with E-state index in [1.165, 1.54) is 34.6 Å². The number of benzene rings is 2. The maximum atomic E-state index is 13.2. The first-order valence-electron chi connectivity index (χ1n) is 10.1. The molecule has 0 radical (unpaired) electrons. The van der Waals surface area contributed by atoms with Gasteiger partial charge >= 0.3 is 0 Å². The van der Waals surface area contributed by atoms with Crippen LogP contribution in [-0.2, 0) is 21.2 Å². The Kier molecular flexibility index (Phi) is 4.94. The van der Waals surface area contributed by atoms with Crippen LogP contribution in [0.5, 0.6) is 0 Å². The normalized spacial score (nSPS) is 18.5. The lowest BCUT2D eigenvalue weighted by Gasteiger charge is -2.26. The smallest absolute Gasteiger partial charge is 0.263 e. The van der Waals surface area contributed by atoms with Crippen molar-refractivity contribution in [2.45, 2.75) is 30.7 Å². The van der Waals surface area contributed by atoms with E-state index in [1.807, 2.05) is 6.07 Å². The van der Waals surface area contributed by atoms with Crippen LogP contribution in [0.2, 0.25) is 0 Å². The van der Waals surface area contributed by atoms with Gasteiger partial charge in [-0.15, -0.1) is 11.3 Å². The number of hydrogen-bond donors (Lipinski definition) is 1. The summed E-state index contributed by atoms with van der Waals surface area (Å²) in [5, 5.41) is 2.03. The van der Waals surface area contributed by atoms with Crippen LogP contribution in [0.15, 0.2) is 58.9 Å². The summed E-state index contributed by atoms with van der Waals surface area (Å²) in [5.41, 5.74) is 4.47. The summed E-state index contributed by atoms with van der Waals surface area (Å²) in [6, 6.07) is 12.5. The molecular formula is C22H24N4O3S2. The number of nitrogens with one attached hydrogen (secondary N) is 1. The highest BCUT2D eigenvalue weighted by Crippen LogP contribution is 2.35. The van der Waals surface area contributed by atoms with Gasteiger partial charge in [-0.25, -0.2) is 13.4 Å². The Morgan fingerprint density at radius 1 is 1.16 bits per heavy atom. The molecular weight excluding hydrogens is 432 g/mol. The topological polar surface area (TPSA) is 82.6 Å². The average molecular weight is 457 g/mol. The van der Waals surface area contributed by atoms with Gasteiger partial charge in [0.2, 0.25) is 5.91 Å². The highest BCUT2D eigenvalue weighted by atomic mass is 32.2. The first-order chi connectivity index (χ1) is 14.9. The van der Waals surface area contributed by atoms with Crippen molar-refractivity contribution in [2.75, 3.05) is 27.6 Å². The number of carbonyl (C=O) groups is 1. The van der Waals surface area contributed by atoms with Crippen LogP contribution >= 0.6 is 11.3 Å². The van der Waals surface area contributed by atoms with E-state index < -0.39 is 10.0 Å². The molecule has 1 N–H and O–H groups in total. The summed E-state index contributed by atoms with van der Waals surface area (Å²) in [4.78, 5) is 21.3. The predicted molar refractivity (Wildman–Crippen MR) is 124 cm³/mol. The van der Waals surface area contributed by atoms with Crippen LogP contribution < -0.4 is 14.5 Å². The Morgan fingerprint density at radius 2 is 1.97 bits per heavy atom. The van der Waals surface area contributed by atoms with Crippen molar-refractivity contribution in [2.24, 2.45) is 0 Å². The SMILES string of the molecule is Cc1cccc2c1CCN2[C@H]1CCN(c2ccc(S(=O)(=O)Nc3nccs3)cc2)C1=O.[HH]. The number of anilines is 3. The second kappa shape index (κ2) is 7.65. The van der Waals surface area contributed by atoms with E-state index in [1.54, 1.807) is 28.6 Å². The highest BCUT2D eigenvalue weighted by molar-refractivity contribution is 7.93. The molecule has 1 aromatic heterocycles. The van der Waals surface area contributed by atoms with Crippen molar-refractivity contribution < 1.29 is 14.6 Å². The second-order valence-corrected chi connectivity index (χ2v) is 10.3. The quantitative estimate of drug-likeness (QED) is 0.634. The van der Waals surface area contributed by atoms with Gasteiger partial charge in [-0.3, -0.25) is 9.52 Å². The molecule has 1 atom stereocenters. The van der Waals surface area contributed by atoms with Crippen LogP contribution in [0.25, 0.3) is 0 Å². The molecule has 31 heavy (non-hydrogen) atoms. The van der Waals surface area contributed by atoms with E-state index in [0.717, 1.165) is 25.1 Å². The molecule has 2 aromatic carbocycles. The number of nitrogens with zero attached hydrogens (tertiary/aromatic N) is 3. The Hall–Kier alpha value is -2.91. The maximum Gasteiger partial charge on any atom is 0.263 e. The molecule has 0 spiro atoms. The Bertz CT molecular complexity index is 1230. The minimum Gasteiger partial charge on any atom is -0.359 e. The number of rotatable bonds is 5. The first-order valence-corrected chi connectivity index (χ1v) is 12.5. The first kappa shape index (κ1) is 20.0. The monoisotopic (exact) mass is 456 g/mol. The third-order valence-corrected chi connectivity index (χ3v) is 8.14. The third kappa shape index (κ3) is 3.57. The Morgan fingerprint density at radius 3 is 2.71 bits per heavy atom. The molecule has 0 bridgehead atoms. The van der Waals surface area contributed by atoms with Crippen LogP contribution in [-0.4, -0.2) is 38.4 Å². The fourth-order valence-electron chi connectivity index (χ4n) is 4.42. The fourth-order valence-corrected chi connectivity index (χ4v) is 6.21. The molecule has 1 amide bonds. The van der Waals surface area contributed by atoms with Crippen LogP contribution in [0.4, 0.5) is 16.5 Å². The lowest BCUT2D eigenvalue weighted by molar-refractivity contribution is -0.118. The number of aromatic nitrogens is 1. The van der Waals surface area contributed by atoms with Crippen molar-refractivity contribution in [3.05, 3.63) is 65.2 Å². The van der Waals surface area contributed by atoms with Crippen molar-refractivity contribution in [1.82, 2.24) is 4.98 Å². The van der Waals surface area contributed by atoms with E-state index in [0.29, 0.717) is 17.4 Å². The standard InChI is InChI=1S/C22H22N4O3S2.H2/c1-15-3-2-4-19-18(15)9-12-26(19)20-10-13-25(21(20)27)16-5-7-17(8-6-16)31(28,29)24-22-23-11-14-30-22;/h2-8,11,14,20H,9-10,12-13H2,1H3,(H,23,24);1H/t20-;/m0./s1. The van der Waals surface area contributed by atoms with Gasteiger partial charge in [-0.1, -0.05) is 12.1 Å². The van der Waals surface area contributed by atoms with E-state index in [4.69, 9.17) is 0 Å². The Labute approximate surface area is 186 Å². The molecule has 162 valence electrons. The molecule has 7 nitrogen and oxygen atoms in total. The van der Waals surface area contributed by atoms with Gasteiger partial charge in [-0.2, -0.15) is 0 Å². The van der Waals surface area contributed by atoms with Gasteiger partial charge in [0.05, 0.1) is 4.90 Å². The zero-order valence-corrected chi connectivity index (χ0v) is 18.6. The lowest BCUT2D eigenvalue weighted by Crippen LogP contribution is -2.41. The molecule has 5 rings (SSSR count). The summed E-state index contributed by atoms with van der Waals surface area (Å²) >= 11 is 1.22. The summed E-state index contributed by atoms with van der Waals surface area (Å²) < 4.78 is 27.5. The number of carbonyl (C=O) groups excluding carboxylic acids is 1. The second-order valence-electron chi connectivity index (χ2n) is 7.75. The molecule has 1 fully saturated rings. The van der Waals surface area contributed by atoms with Gasteiger partial charge in [-0.05, 0) is 61.2 Å². The number of thiazole rings is 1. The summed E-state index contributed by atoms with van der Waals surface area (Å²) in [5.74, 6) is 0.0610. The summed E-state index contributed by atoms with van der Waals surface area (Å²) in [6.45, 7) is 3.58. The molecule has 3 aromatic rings. The van der Waals surface area contributed by atoms with E-state index in [9.17, 15) is 13.2 Å². The van der Waals surface area contributed by atoms with Gasteiger partial charge < -0.3 is 9.80 Å². The molecule has 9 heteroatoms. The molecule has 3 heterocycles. The summed E-state index contributed by atoms with van der Waals surface area (Å²) in [7, 11) is -3.71.